The third kappa shape index (κ3) is 8.99. The summed E-state index contributed by atoms with van der Waals surface area (Å²) >= 11 is 1.49. The van der Waals surface area contributed by atoms with E-state index in [2.05, 4.69) is 15.4 Å². The van der Waals surface area contributed by atoms with Gasteiger partial charge < -0.3 is 20.5 Å². The highest BCUT2D eigenvalue weighted by atomic mass is 32.2. The van der Waals surface area contributed by atoms with Crippen molar-refractivity contribution in [3.8, 4) is 0 Å². The van der Waals surface area contributed by atoms with Crippen LogP contribution >= 0.6 is 11.8 Å². The molecule has 0 aliphatic carbocycles. The first-order valence-corrected chi connectivity index (χ1v) is 8.81. The molecular formula is C17H24N2O5S. The average molecular weight is 368 g/mol. The summed E-state index contributed by atoms with van der Waals surface area (Å²) in [4.78, 5) is 34.8. The lowest BCUT2D eigenvalue weighted by Gasteiger charge is -2.25. The monoisotopic (exact) mass is 368 g/mol. The Kier molecular flexibility index (Phi) is 8.27. The summed E-state index contributed by atoms with van der Waals surface area (Å²) in [5.74, 6) is -0.568. The Morgan fingerprint density at radius 3 is 2.60 bits per heavy atom. The molecule has 1 rings (SSSR count). The number of amides is 2. The van der Waals surface area contributed by atoms with Crippen LogP contribution in [0.15, 0.2) is 29.2 Å². The molecule has 7 nitrogen and oxygen atoms in total. The smallest absolute Gasteiger partial charge is 0.319 e. The predicted octanol–water partition coefficient (Wildman–Crippen LogP) is 3.11. The Balaban J connectivity index is 2.52. The van der Waals surface area contributed by atoms with Gasteiger partial charge in [-0.3, -0.25) is 9.59 Å². The number of hydrogen-bond donors (Lipinski definition) is 3. The molecule has 0 aliphatic heterocycles. The van der Waals surface area contributed by atoms with Gasteiger partial charge in [-0.05, 0) is 38.5 Å². The molecule has 0 fully saturated rings. The van der Waals surface area contributed by atoms with Crippen molar-refractivity contribution in [1.82, 2.24) is 5.32 Å². The minimum Gasteiger partial charge on any atom is -0.481 e. The standard InChI is InChI=1S/C17H24N2O5S/c1-17(2,9-7-14(20)21)19-16(23)18-12-5-4-6-13(11-12)25-10-8-15(22)24-3/h4-6,11H,7-10H2,1-3H3,(H,20,21)(H2,18,19,23). The molecule has 1 aromatic rings. The molecule has 0 bridgehead atoms. The highest BCUT2D eigenvalue weighted by Crippen LogP contribution is 2.22. The number of benzene rings is 1. The number of urea groups is 1. The zero-order valence-corrected chi connectivity index (χ0v) is 15.4. The van der Waals surface area contributed by atoms with E-state index in [1.54, 1.807) is 19.9 Å². The number of methoxy groups -OCH3 is 1. The summed E-state index contributed by atoms with van der Waals surface area (Å²) in [5, 5.41) is 14.2. The normalized spacial score (nSPS) is 10.8. The highest BCUT2D eigenvalue weighted by Gasteiger charge is 2.21. The number of rotatable bonds is 9. The number of esters is 1. The van der Waals surface area contributed by atoms with E-state index in [-0.39, 0.29) is 12.4 Å². The van der Waals surface area contributed by atoms with Crippen LogP contribution < -0.4 is 10.6 Å². The second-order valence-corrected chi connectivity index (χ2v) is 7.23. The van der Waals surface area contributed by atoms with Crippen LogP contribution in [0.1, 0.15) is 33.1 Å². The lowest BCUT2D eigenvalue weighted by molar-refractivity contribution is -0.140. The number of anilines is 1. The molecule has 0 saturated carbocycles. The molecule has 0 atom stereocenters. The number of aliphatic carboxylic acids is 1. The maximum absolute atomic E-state index is 12.1. The van der Waals surface area contributed by atoms with Gasteiger partial charge in [-0.15, -0.1) is 11.8 Å². The maximum atomic E-state index is 12.1. The molecule has 1 aromatic carbocycles. The molecule has 2 amide bonds. The summed E-state index contributed by atoms with van der Waals surface area (Å²) in [5.41, 5.74) is -0.00961. The Morgan fingerprint density at radius 1 is 1.24 bits per heavy atom. The number of nitrogens with one attached hydrogen (secondary N) is 2. The average Bonchev–Trinajstić information content (AvgIpc) is 2.52. The van der Waals surface area contributed by atoms with Crippen LogP contribution in [0.25, 0.3) is 0 Å². The third-order valence-corrected chi connectivity index (χ3v) is 4.31. The number of carboxylic acid groups (broad SMARTS) is 1. The van der Waals surface area contributed by atoms with Crippen LogP contribution in [-0.4, -0.2) is 41.5 Å². The van der Waals surface area contributed by atoms with Gasteiger partial charge in [0, 0.05) is 28.3 Å². The van der Waals surface area contributed by atoms with Gasteiger partial charge in [-0.1, -0.05) is 6.07 Å². The number of carbonyl (C=O) groups excluding carboxylic acids is 2. The Hall–Kier alpha value is -2.22. The first-order valence-electron chi connectivity index (χ1n) is 7.82. The van der Waals surface area contributed by atoms with Crippen LogP contribution in [0.3, 0.4) is 0 Å². The van der Waals surface area contributed by atoms with Gasteiger partial charge in [0.15, 0.2) is 0 Å². The summed E-state index contributed by atoms with van der Waals surface area (Å²) in [6.07, 6.45) is 0.635. The molecule has 0 unspecified atom stereocenters. The lowest BCUT2D eigenvalue weighted by atomic mass is 9.99. The largest absolute Gasteiger partial charge is 0.481 e. The second-order valence-electron chi connectivity index (χ2n) is 6.06. The van der Waals surface area contributed by atoms with E-state index in [1.807, 2.05) is 18.2 Å². The minimum atomic E-state index is -0.896. The van der Waals surface area contributed by atoms with E-state index < -0.39 is 17.5 Å². The number of carbonyl (C=O) groups is 3. The summed E-state index contributed by atoms with van der Waals surface area (Å²) in [6.45, 7) is 3.54. The fraction of sp³-hybridized carbons (Fsp3) is 0.471. The Bertz CT molecular complexity index is 619. The van der Waals surface area contributed by atoms with Crippen molar-refractivity contribution >= 4 is 35.4 Å². The zero-order valence-electron chi connectivity index (χ0n) is 14.6. The van der Waals surface area contributed by atoms with Gasteiger partial charge in [-0.2, -0.15) is 0 Å². The Labute approximate surface area is 151 Å². The molecule has 0 saturated heterocycles. The molecule has 25 heavy (non-hydrogen) atoms. The molecule has 0 radical (unpaired) electrons. The van der Waals surface area contributed by atoms with E-state index in [4.69, 9.17) is 5.11 Å². The van der Waals surface area contributed by atoms with Crippen LogP contribution in [0, 0.1) is 0 Å². The molecule has 0 heterocycles. The topological polar surface area (TPSA) is 105 Å². The SMILES string of the molecule is COC(=O)CCSc1cccc(NC(=O)NC(C)(C)CCC(=O)O)c1. The molecule has 0 aliphatic rings. The van der Waals surface area contributed by atoms with Crippen LogP contribution in [0.4, 0.5) is 10.5 Å². The summed E-state index contributed by atoms with van der Waals surface area (Å²) in [7, 11) is 1.36. The fourth-order valence-electron chi connectivity index (χ4n) is 1.97. The van der Waals surface area contributed by atoms with E-state index in [0.717, 1.165) is 4.90 Å². The van der Waals surface area contributed by atoms with Gasteiger partial charge in [0.2, 0.25) is 0 Å². The van der Waals surface area contributed by atoms with Crippen molar-refractivity contribution in [3.63, 3.8) is 0 Å². The number of hydrogen-bond acceptors (Lipinski definition) is 5. The second kappa shape index (κ2) is 9.93. The molecule has 138 valence electrons. The third-order valence-electron chi connectivity index (χ3n) is 3.31. The molecular weight excluding hydrogens is 344 g/mol. The predicted molar refractivity (Wildman–Crippen MR) is 96.9 cm³/mol. The van der Waals surface area contributed by atoms with Gasteiger partial charge in [0.25, 0.3) is 0 Å². The van der Waals surface area contributed by atoms with E-state index in [1.165, 1.54) is 18.9 Å². The number of carboxylic acids is 1. The van der Waals surface area contributed by atoms with Crippen molar-refractivity contribution in [2.24, 2.45) is 0 Å². The van der Waals surface area contributed by atoms with Crippen molar-refractivity contribution in [1.29, 1.82) is 0 Å². The zero-order chi connectivity index (χ0) is 18.9. The van der Waals surface area contributed by atoms with Crippen molar-refractivity contribution in [2.45, 2.75) is 43.5 Å². The van der Waals surface area contributed by atoms with Crippen LogP contribution in [0.5, 0.6) is 0 Å². The van der Waals surface area contributed by atoms with E-state index >= 15 is 0 Å². The maximum Gasteiger partial charge on any atom is 0.319 e. The van der Waals surface area contributed by atoms with Crippen molar-refractivity contribution in [2.75, 3.05) is 18.2 Å². The van der Waals surface area contributed by atoms with Crippen molar-refractivity contribution in [3.05, 3.63) is 24.3 Å². The van der Waals surface area contributed by atoms with Crippen LogP contribution in [-0.2, 0) is 14.3 Å². The first-order chi connectivity index (χ1) is 11.7. The minimum absolute atomic E-state index is 0.0143. The van der Waals surface area contributed by atoms with Gasteiger partial charge in [0.05, 0.1) is 13.5 Å². The highest BCUT2D eigenvalue weighted by molar-refractivity contribution is 7.99. The number of ether oxygens (including phenoxy) is 1. The molecule has 0 spiro atoms. The first kappa shape index (κ1) is 20.8. The molecule has 3 N–H and O–H groups in total. The van der Waals surface area contributed by atoms with Gasteiger partial charge in [0.1, 0.15) is 0 Å². The lowest BCUT2D eigenvalue weighted by Crippen LogP contribution is -2.45. The molecule has 8 heteroatoms. The summed E-state index contributed by atoms with van der Waals surface area (Å²) in [6, 6.07) is 6.88. The molecule has 0 aromatic heterocycles. The van der Waals surface area contributed by atoms with E-state index in [0.29, 0.717) is 24.3 Å². The van der Waals surface area contributed by atoms with Gasteiger partial charge >= 0.3 is 18.0 Å². The van der Waals surface area contributed by atoms with Crippen molar-refractivity contribution < 1.29 is 24.2 Å². The fourth-order valence-corrected chi connectivity index (χ4v) is 2.86. The quantitative estimate of drug-likeness (QED) is 0.457. The van der Waals surface area contributed by atoms with Gasteiger partial charge in [-0.25, -0.2) is 4.79 Å². The van der Waals surface area contributed by atoms with E-state index in [9.17, 15) is 14.4 Å². The number of thioether (sulfide) groups is 1. The van der Waals surface area contributed by atoms with Crippen LogP contribution in [0.2, 0.25) is 0 Å². The summed E-state index contributed by atoms with van der Waals surface area (Å²) < 4.78 is 4.59. The Morgan fingerprint density at radius 2 is 1.96 bits per heavy atom.